The maximum Gasteiger partial charge on any atom is 0.191 e. The molecule has 1 aromatic heterocycles. The monoisotopic (exact) mass is 538 g/mol. The molecular formula is C20H35IN4OS2. The maximum absolute atomic E-state index is 5.59. The smallest absolute Gasteiger partial charge is 0.191 e. The Kier molecular flexibility index (Phi) is 10.7. The predicted molar refractivity (Wildman–Crippen MR) is 135 cm³/mol. The number of hydrogen-bond donors (Lipinski definition) is 2. The van der Waals surface area contributed by atoms with Gasteiger partial charge in [0.25, 0.3) is 0 Å². The van der Waals surface area contributed by atoms with Crippen molar-refractivity contribution in [3.05, 3.63) is 17.5 Å². The number of piperidine rings is 1. The summed E-state index contributed by atoms with van der Waals surface area (Å²) in [6.07, 6.45) is 4.53. The quantitative estimate of drug-likeness (QED) is 0.310. The first-order valence-electron chi connectivity index (χ1n) is 10.3. The molecule has 2 fully saturated rings. The van der Waals surface area contributed by atoms with Gasteiger partial charge in [-0.15, -0.1) is 35.3 Å². The molecule has 1 aromatic rings. The molecule has 0 bridgehead atoms. The maximum atomic E-state index is 5.59. The molecule has 2 saturated heterocycles. The molecule has 28 heavy (non-hydrogen) atoms. The Morgan fingerprint density at radius 3 is 2.68 bits per heavy atom. The number of guanidine groups is 1. The van der Waals surface area contributed by atoms with Gasteiger partial charge in [-0.25, -0.2) is 0 Å². The van der Waals surface area contributed by atoms with Crippen LogP contribution < -0.4 is 15.5 Å². The van der Waals surface area contributed by atoms with E-state index in [1.165, 1.54) is 5.00 Å². The van der Waals surface area contributed by atoms with Crippen LogP contribution in [0.4, 0.5) is 5.00 Å². The molecule has 3 heterocycles. The van der Waals surface area contributed by atoms with Crippen LogP contribution in [-0.4, -0.2) is 61.9 Å². The Morgan fingerprint density at radius 2 is 2.07 bits per heavy atom. The molecule has 0 aromatic carbocycles. The van der Waals surface area contributed by atoms with Gasteiger partial charge in [0, 0.05) is 43.6 Å². The van der Waals surface area contributed by atoms with Crippen molar-refractivity contribution in [2.75, 3.05) is 50.0 Å². The lowest BCUT2D eigenvalue weighted by Crippen LogP contribution is -2.49. The summed E-state index contributed by atoms with van der Waals surface area (Å²) >= 11 is 3.89. The van der Waals surface area contributed by atoms with Gasteiger partial charge in [0.1, 0.15) is 0 Å². The highest BCUT2D eigenvalue weighted by Crippen LogP contribution is 2.35. The van der Waals surface area contributed by atoms with Crippen LogP contribution in [0, 0.1) is 0 Å². The van der Waals surface area contributed by atoms with Crippen LogP contribution in [0.25, 0.3) is 0 Å². The number of ether oxygens (including phenoxy) is 1. The van der Waals surface area contributed by atoms with E-state index in [9.17, 15) is 0 Å². The molecule has 0 radical (unpaired) electrons. The van der Waals surface area contributed by atoms with Gasteiger partial charge in [-0.2, -0.15) is 11.8 Å². The van der Waals surface area contributed by atoms with E-state index in [1.807, 2.05) is 11.3 Å². The van der Waals surface area contributed by atoms with Gasteiger partial charge in [-0.05, 0) is 55.9 Å². The van der Waals surface area contributed by atoms with Gasteiger partial charge in [0.15, 0.2) is 5.96 Å². The van der Waals surface area contributed by atoms with Crippen molar-refractivity contribution >= 4 is 58.0 Å². The third-order valence-electron chi connectivity index (χ3n) is 5.38. The highest BCUT2D eigenvalue weighted by molar-refractivity contribution is 14.0. The highest BCUT2D eigenvalue weighted by Gasteiger charge is 2.32. The van der Waals surface area contributed by atoms with Crippen molar-refractivity contribution in [2.24, 2.45) is 4.99 Å². The SMILES string of the molecule is CCNC(=NCC1(SCC)CCOCC1)NC1CCN(c2cccs2)CC1.I. The van der Waals surface area contributed by atoms with Crippen LogP contribution >= 0.6 is 47.1 Å². The van der Waals surface area contributed by atoms with E-state index in [1.54, 1.807) is 0 Å². The van der Waals surface area contributed by atoms with E-state index in [0.29, 0.717) is 6.04 Å². The fourth-order valence-corrected chi connectivity index (χ4v) is 5.84. The molecule has 0 spiro atoms. The highest BCUT2D eigenvalue weighted by atomic mass is 127. The first kappa shape index (κ1) is 24.1. The van der Waals surface area contributed by atoms with Gasteiger partial charge < -0.3 is 20.3 Å². The molecule has 3 rings (SSSR count). The minimum Gasteiger partial charge on any atom is -0.381 e. The third-order valence-corrected chi connectivity index (χ3v) is 7.75. The number of anilines is 1. The fraction of sp³-hybridized carbons (Fsp3) is 0.750. The molecular weight excluding hydrogens is 503 g/mol. The molecule has 2 aliphatic rings. The van der Waals surface area contributed by atoms with Crippen molar-refractivity contribution in [2.45, 2.75) is 50.3 Å². The van der Waals surface area contributed by atoms with E-state index in [2.05, 4.69) is 58.7 Å². The van der Waals surface area contributed by atoms with Gasteiger partial charge in [-0.3, -0.25) is 4.99 Å². The Labute approximate surface area is 195 Å². The van der Waals surface area contributed by atoms with Crippen molar-refractivity contribution in [1.82, 2.24) is 10.6 Å². The molecule has 2 N–H and O–H groups in total. The van der Waals surface area contributed by atoms with Crippen LogP contribution in [0.3, 0.4) is 0 Å². The summed E-state index contributed by atoms with van der Waals surface area (Å²) in [6.45, 7) is 10.1. The zero-order valence-corrected chi connectivity index (χ0v) is 21.1. The van der Waals surface area contributed by atoms with Crippen molar-refractivity contribution in [3.8, 4) is 0 Å². The average molecular weight is 539 g/mol. The van der Waals surface area contributed by atoms with Crippen molar-refractivity contribution < 1.29 is 4.74 Å². The normalized spacial score (nSPS) is 20.5. The number of nitrogens with zero attached hydrogens (tertiary/aromatic N) is 2. The molecule has 8 heteroatoms. The standard InChI is InChI=1S/C20H34N4OS2.HI/c1-3-21-19(22-16-20(27-4-2)9-13-25-14-10-20)23-17-7-11-24(12-8-17)18-6-5-15-26-18;/h5-6,15,17H,3-4,7-14,16H2,1-2H3,(H2,21,22,23);1H. The zero-order valence-electron chi connectivity index (χ0n) is 17.1. The molecule has 5 nitrogen and oxygen atoms in total. The molecule has 0 atom stereocenters. The lowest BCUT2D eigenvalue weighted by atomic mass is 9.99. The van der Waals surface area contributed by atoms with Crippen molar-refractivity contribution in [3.63, 3.8) is 0 Å². The number of nitrogens with one attached hydrogen (secondary N) is 2. The molecule has 2 aliphatic heterocycles. The molecule has 0 aliphatic carbocycles. The Balaban J connectivity index is 0.00000280. The average Bonchev–Trinajstić information content (AvgIpc) is 3.23. The second-order valence-corrected chi connectivity index (χ2v) is 9.94. The van der Waals surface area contributed by atoms with Crippen LogP contribution in [0.5, 0.6) is 0 Å². The van der Waals surface area contributed by atoms with Crippen LogP contribution in [-0.2, 0) is 4.74 Å². The molecule has 160 valence electrons. The molecule has 0 saturated carbocycles. The van der Waals surface area contributed by atoms with Gasteiger partial charge >= 0.3 is 0 Å². The summed E-state index contributed by atoms with van der Waals surface area (Å²) in [5, 5.41) is 10.7. The Bertz CT molecular complexity index is 565. The number of thiophene rings is 1. The summed E-state index contributed by atoms with van der Waals surface area (Å²) < 4.78 is 5.84. The summed E-state index contributed by atoms with van der Waals surface area (Å²) in [5.74, 6) is 2.12. The van der Waals surface area contributed by atoms with Crippen LogP contribution in [0.1, 0.15) is 39.5 Å². The second-order valence-electron chi connectivity index (χ2n) is 7.28. The van der Waals surface area contributed by atoms with Crippen molar-refractivity contribution in [1.29, 1.82) is 0 Å². The van der Waals surface area contributed by atoms with E-state index in [0.717, 1.165) is 76.8 Å². The number of rotatable bonds is 7. The Hall–Kier alpha value is -0.190. The lowest BCUT2D eigenvalue weighted by Gasteiger charge is -2.36. The van der Waals surface area contributed by atoms with E-state index in [-0.39, 0.29) is 28.7 Å². The minimum absolute atomic E-state index is 0. The third kappa shape index (κ3) is 6.95. The van der Waals surface area contributed by atoms with Gasteiger partial charge in [0.2, 0.25) is 0 Å². The fourth-order valence-electron chi connectivity index (χ4n) is 3.83. The molecule has 0 amide bonds. The number of hydrogen-bond acceptors (Lipinski definition) is 5. The molecule has 0 unspecified atom stereocenters. The summed E-state index contributed by atoms with van der Waals surface area (Å²) in [6, 6.07) is 4.87. The first-order valence-corrected chi connectivity index (χ1v) is 12.2. The van der Waals surface area contributed by atoms with Gasteiger partial charge in [-0.1, -0.05) is 6.92 Å². The summed E-state index contributed by atoms with van der Waals surface area (Å²) in [7, 11) is 0. The van der Waals surface area contributed by atoms with Crippen LogP contribution in [0.2, 0.25) is 0 Å². The number of halogens is 1. The summed E-state index contributed by atoms with van der Waals surface area (Å²) in [4.78, 5) is 7.50. The Morgan fingerprint density at radius 1 is 1.32 bits per heavy atom. The lowest BCUT2D eigenvalue weighted by molar-refractivity contribution is 0.0793. The van der Waals surface area contributed by atoms with E-state index in [4.69, 9.17) is 9.73 Å². The summed E-state index contributed by atoms with van der Waals surface area (Å²) in [5.41, 5.74) is 0. The van der Waals surface area contributed by atoms with E-state index < -0.39 is 0 Å². The second kappa shape index (κ2) is 12.5. The minimum atomic E-state index is 0. The van der Waals surface area contributed by atoms with E-state index >= 15 is 0 Å². The van der Waals surface area contributed by atoms with Gasteiger partial charge in [0.05, 0.1) is 11.5 Å². The first-order chi connectivity index (χ1) is 13.2. The topological polar surface area (TPSA) is 48.9 Å². The number of thioether (sulfide) groups is 1. The predicted octanol–water partition coefficient (Wildman–Crippen LogP) is 4.19. The zero-order chi connectivity index (χ0) is 19.0. The largest absolute Gasteiger partial charge is 0.381 e. The number of aliphatic imine (C=N–C) groups is 1. The van der Waals surface area contributed by atoms with Crippen LogP contribution in [0.15, 0.2) is 22.5 Å².